The number of aromatic nitrogens is 2. The smallest absolute Gasteiger partial charge is 0.350 e. The van der Waals surface area contributed by atoms with E-state index in [1.54, 1.807) is 0 Å². The van der Waals surface area contributed by atoms with Crippen molar-refractivity contribution < 1.29 is 27.5 Å². The Labute approximate surface area is 189 Å². The van der Waals surface area contributed by atoms with E-state index in [-0.39, 0.29) is 15.6 Å². The number of sulfonamides is 1. The number of aryl methyl sites for hydroxylation is 1. The van der Waals surface area contributed by atoms with E-state index in [4.69, 9.17) is 9.47 Å². The molecule has 1 aromatic heterocycles. The van der Waals surface area contributed by atoms with Crippen LogP contribution in [-0.4, -0.2) is 36.3 Å². The van der Waals surface area contributed by atoms with Gasteiger partial charge in [0.25, 0.3) is 15.8 Å². The molecule has 0 bridgehead atoms. The van der Waals surface area contributed by atoms with Gasteiger partial charge in [-0.15, -0.1) is 10.2 Å². The number of anilines is 2. The fourth-order valence-corrected chi connectivity index (χ4v) is 5.37. The highest BCUT2D eigenvalue weighted by Crippen LogP contribution is 2.37. The number of carbonyl (C=O) groups excluding carboxylic acids is 2. The van der Waals surface area contributed by atoms with Gasteiger partial charge in [0.05, 0.1) is 4.90 Å². The van der Waals surface area contributed by atoms with Crippen molar-refractivity contribution in [2.45, 2.75) is 56.1 Å². The molecule has 2 heterocycles. The van der Waals surface area contributed by atoms with Crippen molar-refractivity contribution in [1.82, 2.24) is 10.2 Å². The molecule has 0 atom stereocenters. The minimum atomic E-state index is -3.83. The third kappa shape index (κ3) is 4.75. The summed E-state index contributed by atoms with van der Waals surface area (Å²) in [4.78, 5) is 24.7. The van der Waals surface area contributed by atoms with Crippen molar-refractivity contribution in [3.8, 4) is 0 Å². The Bertz CT molecular complexity index is 1130. The quantitative estimate of drug-likeness (QED) is 0.365. The van der Waals surface area contributed by atoms with Crippen LogP contribution in [0.5, 0.6) is 0 Å². The minimum absolute atomic E-state index is 0.0275. The fourth-order valence-electron chi connectivity index (χ4n) is 3.46. The number of nitrogens with one attached hydrogen (secondary N) is 2. The normalized spacial score (nSPS) is 18.1. The molecule has 1 aromatic carbocycles. The monoisotopic (exact) mass is 478 g/mol. The van der Waals surface area contributed by atoms with Gasteiger partial charge in [-0.1, -0.05) is 24.7 Å². The molecule has 1 aliphatic carbocycles. The number of hydrogen-bond donors (Lipinski definition) is 2. The molecular weight excluding hydrogens is 456 g/mol. The van der Waals surface area contributed by atoms with E-state index in [1.165, 1.54) is 41.8 Å². The second-order valence-corrected chi connectivity index (χ2v) is 10.2. The number of esters is 2. The zero-order chi connectivity index (χ0) is 22.8. The maximum absolute atomic E-state index is 12.5. The second-order valence-electron chi connectivity index (χ2n) is 7.44. The van der Waals surface area contributed by atoms with Gasteiger partial charge in [-0.2, -0.15) is 0 Å². The van der Waals surface area contributed by atoms with Crippen molar-refractivity contribution >= 4 is 44.1 Å². The van der Waals surface area contributed by atoms with E-state index in [0.717, 1.165) is 24.3 Å². The van der Waals surface area contributed by atoms with Crippen molar-refractivity contribution in [1.29, 1.82) is 0 Å². The summed E-state index contributed by atoms with van der Waals surface area (Å²) in [5.74, 6) is -2.61. The van der Waals surface area contributed by atoms with E-state index in [0.29, 0.717) is 24.9 Å². The number of carbonyl (C=O) groups is 2. The van der Waals surface area contributed by atoms with Gasteiger partial charge >= 0.3 is 11.9 Å². The van der Waals surface area contributed by atoms with Crippen molar-refractivity contribution in [2.75, 3.05) is 10.0 Å². The third-order valence-corrected chi connectivity index (χ3v) is 7.62. The van der Waals surface area contributed by atoms with Gasteiger partial charge in [0.1, 0.15) is 5.01 Å². The number of hydrogen-bond acceptors (Lipinski definition) is 10. The van der Waals surface area contributed by atoms with Gasteiger partial charge in [0.2, 0.25) is 5.13 Å². The Morgan fingerprint density at radius 3 is 2.31 bits per heavy atom. The van der Waals surface area contributed by atoms with E-state index in [1.807, 2.05) is 6.92 Å². The average molecular weight is 479 g/mol. The summed E-state index contributed by atoms with van der Waals surface area (Å²) in [5, 5.41) is 11.4. The van der Waals surface area contributed by atoms with Crippen molar-refractivity contribution in [2.24, 2.45) is 0 Å². The Morgan fingerprint density at radius 1 is 1.06 bits per heavy atom. The van der Waals surface area contributed by atoms with Gasteiger partial charge in [0, 0.05) is 24.7 Å². The van der Waals surface area contributed by atoms with Crippen LogP contribution in [0.25, 0.3) is 0 Å². The maximum Gasteiger partial charge on any atom is 0.350 e. The zero-order valence-corrected chi connectivity index (χ0v) is 18.9. The van der Waals surface area contributed by atoms with Crippen LogP contribution >= 0.6 is 11.3 Å². The lowest BCUT2D eigenvalue weighted by atomic mass is 9.93. The highest BCUT2D eigenvalue weighted by atomic mass is 32.2. The van der Waals surface area contributed by atoms with Crippen LogP contribution in [0, 0.1) is 0 Å². The molecule has 1 saturated heterocycles. The third-order valence-electron chi connectivity index (χ3n) is 5.15. The van der Waals surface area contributed by atoms with E-state index in [9.17, 15) is 18.0 Å². The molecule has 4 rings (SSSR count). The van der Waals surface area contributed by atoms with Gasteiger partial charge in [-0.25, -0.2) is 18.0 Å². The van der Waals surface area contributed by atoms with Crippen LogP contribution in [0.3, 0.4) is 0 Å². The summed E-state index contributed by atoms with van der Waals surface area (Å²) in [6.07, 6.45) is 5.56. The largest absolute Gasteiger partial charge is 0.419 e. The first-order valence-electron chi connectivity index (χ1n) is 10.2. The molecular formula is C20H22N4O6S2. The number of benzene rings is 1. The molecule has 0 unspecified atom stereocenters. The van der Waals surface area contributed by atoms with Crippen LogP contribution in [0.4, 0.5) is 10.8 Å². The Balaban J connectivity index is 1.41. The van der Waals surface area contributed by atoms with E-state index >= 15 is 0 Å². The Kier molecular flexibility index (Phi) is 6.15. The van der Waals surface area contributed by atoms with E-state index in [2.05, 4.69) is 20.2 Å². The van der Waals surface area contributed by atoms with Crippen LogP contribution in [0.1, 0.15) is 44.0 Å². The molecule has 0 amide bonds. The molecule has 170 valence electrons. The molecule has 1 aliphatic heterocycles. The van der Waals surface area contributed by atoms with Crippen molar-refractivity contribution in [3.05, 3.63) is 41.0 Å². The fraction of sp³-hybridized carbons (Fsp3) is 0.400. The lowest BCUT2D eigenvalue weighted by Crippen LogP contribution is -2.47. The van der Waals surface area contributed by atoms with Crippen LogP contribution in [0.15, 0.2) is 40.9 Å². The first-order valence-corrected chi connectivity index (χ1v) is 12.5. The van der Waals surface area contributed by atoms with E-state index < -0.39 is 27.7 Å². The van der Waals surface area contributed by atoms with Gasteiger partial charge in [-0.3, -0.25) is 4.72 Å². The Hall–Kier alpha value is -2.99. The predicted molar refractivity (Wildman–Crippen MR) is 116 cm³/mol. The van der Waals surface area contributed by atoms with Crippen LogP contribution < -0.4 is 10.0 Å². The molecule has 2 fully saturated rings. The minimum Gasteiger partial charge on any atom is -0.419 e. The molecule has 32 heavy (non-hydrogen) atoms. The maximum atomic E-state index is 12.5. The van der Waals surface area contributed by atoms with Gasteiger partial charge in [0.15, 0.2) is 5.57 Å². The molecule has 12 heteroatoms. The molecule has 1 spiro atoms. The number of nitrogens with zero attached hydrogens (tertiary/aromatic N) is 2. The van der Waals surface area contributed by atoms with Crippen molar-refractivity contribution in [3.63, 3.8) is 0 Å². The highest BCUT2D eigenvalue weighted by Gasteiger charge is 2.46. The number of rotatable bonds is 6. The molecule has 2 aromatic rings. The molecule has 2 aliphatic rings. The lowest BCUT2D eigenvalue weighted by Gasteiger charge is -2.38. The van der Waals surface area contributed by atoms with Gasteiger partial charge in [-0.05, 0) is 43.5 Å². The summed E-state index contributed by atoms with van der Waals surface area (Å²) >= 11 is 1.17. The summed E-state index contributed by atoms with van der Waals surface area (Å²) < 4.78 is 38.3. The average Bonchev–Trinajstić information content (AvgIpc) is 3.21. The summed E-state index contributed by atoms with van der Waals surface area (Å²) in [6.45, 7) is 1.90. The second kappa shape index (κ2) is 8.87. The van der Waals surface area contributed by atoms with Crippen LogP contribution in [-0.2, 0) is 35.5 Å². The van der Waals surface area contributed by atoms with Gasteiger partial charge < -0.3 is 14.8 Å². The Morgan fingerprint density at radius 2 is 1.72 bits per heavy atom. The summed E-state index contributed by atoms with van der Waals surface area (Å²) in [6, 6.07) is 5.79. The lowest BCUT2D eigenvalue weighted by molar-refractivity contribution is -0.244. The first kappa shape index (κ1) is 22.2. The van der Waals surface area contributed by atoms with Crippen LogP contribution in [0.2, 0.25) is 0 Å². The summed E-state index contributed by atoms with van der Waals surface area (Å²) in [7, 11) is -3.83. The number of ether oxygens (including phenoxy) is 2. The SMILES string of the molecule is CCc1nnc(NS(=O)(=O)c2ccc(NC=C3C(=O)OC4(CCCCC4)OC3=O)cc2)s1. The summed E-state index contributed by atoms with van der Waals surface area (Å²) in [5.41, 5.74) is 0.224. The zero-order valence-electron chi connectivity index (χ0n) is 17.3. The highest BCUT2D eigenvalue weighted by molar-refractivity contribution is 7.93. The first-order chi connectivity index (χ1) is 15.3. The predicted octanol–water partition coefficient (Wildman–Crippen LogP) is 2.96. The molecule has 2 N–H and O–H groups in total. The molecule has 0 radical (unpaired) electrons. The molecule has 1 saturated carbocycles. The topological polar surface area (TPSA) is 137 Å². The standard InChI is InChI=1S/C20H22N4O6S2/c1-2-16-22-23-19(31-16)24-32(27,28)14-8-6-13(7-9-14)21-12-15-17(25)29-20(30-18(15)26)10-4-3-5-11-20/h6-9,12,21H,2-5,10-11H2,1H3,(H,23,24). The molecule has 10 nitrogen and oxygen atoms in total.